The Morgan fingerprint density at radius 1 is 1.30 bits per heavy atom. The molecule has 8 heteroatoms. The molecule has 0 saturated carbocycles. The number of guanidine groups is 1. The Bertz CT molecular complexity index is 720. The Kier molecular flexibility index (Phi) is 8.32. The molecule has 0 aliphatic heterocycles. The molecule has 0 radical (unpaired) electrons. The Morgan fingerprint density at radius 2 is 2.04 bits per heavy atom. The van der Waals surface area contributed by atoms with Gasteiger partial charge in [0.15, 0.2) is 11.7 Å². The summed E-state index contributed by atoms with van der Waals surface area (Å²) in [6.07, 6.45) is 2.08. The highest BCUT2D eigenvalue weighted by Crippen LogP contribution is 2.22. The maximum atomic E-state index is 11.8. The van der Waals surface area contributed by atoms with Crippen LogP contribution in [0.2, 0.25) is 0 Å². The summed E-state index contributed by atoms with van der Waals surface area (Å²) in [7, 11) is 3.44. The van der Waals surface area contributed by atoms with Crippen molar-refractivity contribution in [3.05, 3.63) is 39.9 Å². The lowest BCUT2D eigenvalue weighted by Gasteiger charge is -2.12. The number of thiophene rings is 1. The average Bonchev–Trinajstić information content (AvgIpc) is 3.34. The second kappa shape index (κ2) is 10.7. The summed E-state index contributed by atoms with van der Waals surface area (Å²) >= 11 is 1.67. The normalized spacial score (nSPS) is 11.7. The quantitative estimate of drug-likeness (QED) is 0.507. The van der Waals surface area contributed by atoms with Crippen molar-refractivity contribution in [3.63, 3.8) is 0 Å². The van der Waals surface area contributed by atoms with E-state index in [9.17, 15) is 4.79 Å². The maximum absolute atomic E-state index is 11.8. The van der Waals surface area contributed by atoms with Crippen molar-refractivity contribution in [2.45, 2.75) is 45.7 Å². The first-order chi connectivity index (χ1) is 13.0. The van der Waals surface area contributed by atoms with Crippen molar-refractivity contribution in [1.82, 2.24) is 20.7 Å². The van der Waals surface area contributed by atoms with E-state index in [0.29, 0.717) is 25.0 Å². The van der Waals surface area contributed by atoms with Crippen LogP contribution in [0.4, 0.5) is 0 Å². The largest absolute Gasteiger partial charge is 0.359 e. The number of aliphatic imine (C=N–C) groups is 1. The van der Waals surface area contributed by atoms with E-state index >= 15 is 0 Å². The number of carbonyl (C=O) groups is 1. The van der Waals surface area contributed by atoms with E-state index in [1.807, 2.05) is 17.5 Å². The third-order valence-electron chi connectivity index (χ3n) is 4.29. The van der Waals surface area contributed by atoms with Gasteiger partial charge in [0.25, 0.3) is 0 Å². The summed E-state index contributed by atoms with van der Waals surface area (Å²) in [5.74, 6) is 1.69. The van der Waals surface area contributed by atoms with Gasteiger partial charge in [-0.25, -0.2) is 4.99 Å². The molecule has 0 bridgehead atoms. The molecule has 0 fully saturated rings. The molecular formula is C19H29N5O2S. The molecule has 2 rings (SSSR count). The van der Waals surface area contributed by atoms with Crippen LogP contribution in [-0.4, -0.2) is 42.6 Å². The Labute approximate surface area is 164 Å². The van der Waals surface area contributed by atoms with Crippen molar-refractivity contribution in [2.75, 3.05) is 20.6 Å². The molecule has 2 aromatic rings. The first-order valence-electron chi connectivity index (χ1n) is 9.23. The zero-order chi connectivity index (χ0) is 19.6. The number of amides is 1. The highest BCUT2D eigenvalue weighted by molar-refractivity contribution is 7.09. The molecule has 148 valence electrons. The Hall–Kier alpha value is -2.35. The van der Waals surface area contributed by atoms with E-state index in [4.69, 9.17) is 4.52 Å². The first kappa shape index (κ1) is 21.0. The molecule has 0 aliphatic rings. The topological polar surface area (TPSA) is 82.8 Å². The van der Waals surface area contributed by atoms with Crippen LogP contribution in [0.15, 0.2) is 33.1 Å². The number of hydrogen-bond donors (Lipinski definition) is 2. The fourth-order valence-corrected chi connectivity index (χ4v) is 3.17. The molecule has 2 heterocycles. The highest BCUT2D eigenvalue weighted by Gasteiger charge is 2.13. The molecule has 27 heavy (non-hydrogen) atoms. The fourth-order valence-electron chi connectivity index (χ4n) is 2.53. The van der Waals surface area contributed by atoms with E-state index < -0.39 is 0 Å². The van der Waals surface area contributed by atoms with Crippen LogP contribution in [0.3, 0.4) is 0 Å². The van der Waals surface area contributed by atoms with Crippen LogP contribution in [0, 0.1) is 0 Å². The minimum Gasteiger partial charge on any atom is -0.359 e. The number of aromatic nitrogens is 1. The number of hydrogen-bond acceptors (Lipinski definition) is 5. The predicted octanol–water partition coefficient (Wildman–Crippen LogP) is 2.96. The first-order valence-corrected chi connectivity index (χ1v) is 10.1. The zero-order valence-electron chi connectivity index (χ0n) is 16.5. The lowest BCUT2D eigenvalue weighted by atomic mass is 9.99. The van der Waals surface area contributed by atoms with E-state index in [-0.39, 0.29) is 12.5 Å². The van der Waals surface area contributed by atoms with Gasteiger partial charge < -0.3 is 20.1 Å². The standard InChI is InChI=1S/C19H29N5O2S/c1-5-14(6-2)17-10-15(26-23-17)11-20-19(22-13-18(25)24(3)4)21-12-16-8-7-9-27-16/h7-10,14H,5-6,11-13H2,1-4H3,(H2,20,21,22). The van der Waals surface area contributed by atoms with Crippen LogP contribution >= 0.6 is 11.3 Å². The van der Waals surface area contributed by atoms with Crippen LogP contribution in [-0.2, 0) is 17.9 Å². The summed E-state index contributed by atoms with van der Waals surface area (Å²) in [6, 6.07) is 6.06. The number of carbonyl (C=O) groups excluding carboxylic acids is 1. The summed E-state index contributed by atoms with van der Waals surface area (Å²) in [6.45, 7) is 5.50. The van der Waals surface area contributed by atoms with Crippen LogP contribution in [0.25, 0.3) is 0 Å². The van der Waals surface area contributed by atoms with E-state index in [0.717, 1.165) is 24.3 Å². The Balaban J connectivity index is 1.97. The molecule has 0 spiro atoms. The van der Waals surface area contributed by atoms with Gasteiger partial charge in [-0.05, 0) is 24.3 Å². The average molecular weight is 392 g/mol. The van der Waals surface area contributed by atoms with Gasteiger partial charge in [-0.1, -0.05) is 25.1 Å². The van der Waals surface area contributed by atoms with Crippen molar-refractivity contribution in [3.8, 4) is 0 Å². The molecule has 0 unspecified atom stereocenters. The van der Waals surface area contributed by atoms with Crippen LogP contribution < -0.4 is 10.6 Å². The molecule has 0 aromatic carbocycles. The van der Waals surface area contributed by atoms with E-state index in [1.54, 1.807) is 25.4 Å². The molecule has 2 N–H and O–H groups in total. The van der Waals surface area contributed by atoms with Crippen LogP contribution in [0.1, 0.15) is 48.9 Å². The lowest BCUT2D eigenvalue weighted by Crippen LogP contribution is -2.37. The summed E-state index contributed by atoms with van der Waals surface area (Å²) in [4.78, 5) is 18.9. The third kappa shape index (κ3) is 6.71. The monoisotopic (exact) mass is 391 g/mol. The second-order valence-corrected chi connectivity index (χ2v) is 7.50. The van der Waals surface area contributed by atoms with Gasteiger partial charge in [0, 0.05) is 31.0 Å². The maximum Gasteiger partial charge on any atom is 0.243 e. The Morgan fingerprint density at radius 3 is 2.67 bits per heavy atom. The highest BCUT2D eigenvalue weighted by atomic mass is 32.1. The van der Waals surface area contributed by atoms with Gasteiger partial charge in [-0.2, -0.15) is 0 Å². The second-order valence-electron chi connectivity index (χ2n) is 6.47. The molecule has 0 atom stereocenters. The van der Waals surface area contributed by atoms with E-state index in [1.165, 1.54) is 9.78 Å². The predicted molar refractivity (Wildman–Crippen MR) is 109 cm³/mol. The van der Waals surface area contributed by atoms with E-state index in [2.05, 4.69) is 40.7 Å². The van der Waals surface area contributed by atoms with Crippen molar-refractivity contribution >= 4 is 23.2 Å². The van der Waals surface area contributed by atoms with Crippen molar-refractivity contribution in [2.24, 2.45) is 4.99 Å². The molecular weight excluding hydrogens is 362 g/mol. The van der Waals surface area contributed by atoms with Gasteiger partial charge in [0.1, 0.15) is 6.54 Å². The van der Waals surface area contributed by atoms with Crippen molar-refractivity contribution < 1.29 is 9.32 Å². The summed E-state index contributed by atoms with van der Waals surface area (Å²) in [5.41, 5.74) is 0.990. The SMILES string of the molecule is CCC(CC)c1cc(CNC(=NCC(=O)N(C)C)NCc2cccs2)on1. The number of nitrogens with zero attached hydrogens (tertiary/aromatic N) is 3. The summed E-state index contributed by atoms with van der Waals surface area (Å²) < 4.78 is 5.45. The van der Waals surface area contributed by atoms with Gasteiger partial charge in [0.05, 0.1) is 18.8 Å². The van der Waals surface area contributed by atoms with Gasteiger partial charge >= 0.3 is 0 Å². The fraction of sp³-hybridized carbons (Fsp3) is 0.526. The summed E-state index contributed by atoms with van der Waals surface area (Å²) in [5, 5.41) is 12.7. The molecule has 0 aliphatic carbocycles. The van der Waals surface area contributed by atoms with Crippen LogP contribution in [0.5, 0.6) is 0 Å². The van der Waals surface area contributed by atoms with Gasteiger partial charge in [-0.15, -0.1) is 11.3 Å². The third-order valence-corrected chi connectivity index (χ3v) is 5.17. The lowest BCUT2D eigenvalue weighted by molar-refractivity contribution is -0.127. The van der Waals surface area contributed by atoms with Gasteiger partial charge in [-0.3, -0.25) is 4.79 Å². The minimum atomic E-state index is -0.0529. The molecule has 2 aromatic heterocycles. The minimum absolute atomic E-state index is 0.0529. The number of nitrogens with one attached hydrogen (secondary N) is 2. The van der Waals surface area contributed by atoms with Crippen molar-refractivity contribution in [1.29, 1.82) is 0 Å². The molecule has 7 nitrogen and oxygen atoms in total. The van der Waals surface area contributed by atoms with Gasteiger partial charge in [0.2, 0.25) is 5.91 Å². The zero-order valence-corrected chi connectivity index (χ0v) is 17.3. The molecule has 1 amide bonds. The number of rotatable bonds is 9. The molecule has 0 saturated heterocycles. The smallest absolute Gasteiger partial charge is 0.243 e. The number of likely N-dealkylation sites (N-methyl/N-ethyl adjacent to an activating group) is 1.